The van der Waals surface area contributed by atoms with E-state index in [2.05, 4.69) is 41.4 Å². The Bertz CT molecular complexity index is 449. The molecule has 1 N–H and O–H groups in total. The fourth-order valence-corrected chi connectivity index (χ4v) is 4.07. The lowest BCUT2D eigenvalue weighted by Gasteiger charge is -2.35. The lowest BCUT2D eigenvalue weighted by molar-refractivity contribution is 0.337. The Morgan fingerprint density at radius 1 is 1.10 bits per heavy atom. The standard InChI is InChI=1S/C19H30N2/c1-2-3-4-9-14-21-16-19(12-7-8-13-19)20-15-17-10-5-6-11-18(17)21/h5-6,10-11,20H,2-4,7-9,12-16H2,1H3. The van der Waals surface area contributed by atoms with Gasteiger partial charge in [0.05, 0.1) is 0 Å². The number of unbranched alkanes of at least 4 members (excludes halogenated alkanes) is 3. The molecule has 21 heavy (non-hydrogen) atoms. The summed E-state index contributed by atoms with van der Waals surface area (Å²) in [5.74, 6) is 0. The number of para-hydroxylation sites is 1. The van der Waals surface area contributed by atoms with Crippen molar-refractivity contribution in [1.82, 2.24) is 5.32 Å². The van der Waals surface area contributed by atoms with Crippen LogP contribution in [0.4, 0.5) is 5.69 Å². The fourth-order valence-electron chi connectivity index (χ4n) is 4.07. The minimum Gasteiger partial charge on any atom is -0.369 e. The van der Waals surface area contributed by atoms with Crippen molar-refractivity contribution in [2.45, 2.75) is 70.4 Å². The third-order valence-electron chi connectivity index (χ3n) is 5.32. The summed E-state index contributed by atoms with van der Waals surface area (Å²) in [7, 11) is 0. The molecule has 1 fully saturated rings. The van der Waals surface area contributed by atoms with Crippen molar-refractivity contribution >= 4 is 5.69 Å². The molecule has 0 radical (unpaired) electrons. The number of nitrogens with zero attached hydrogens (tertiary/aromatic N) is 1. The SMILES string of the molecule is CCCCCCN1CC2(CCCC2)NCc2ccccc21. The molecule has 116 valence electrons. The molecular formula is C19H30N2. The van der Waals surface area contributed by atoms with Crippen LogP contribution >= 0.6 is 0 Å². The topological polar surface area (TPSA) is 15.3 Å². The van der Waals surface area contributed by atoms with E-state index in [1.54, 1.807) is 0 Å². The lowest BCUT2D eigenvalue weighted by Crippen LogP contribution is -2.49. The number of nitrogens with one attached hydrogen (secondary N) is 1. The van der Waals surface area contributed by atoms with E-state index in [1.165, 1.54) is 75.7 Å². The van der Waals surface area contributed by atoms with E-state index in [0.29, 0.717) is 5.54 Å². The van der Waals surface area contributed by atoms with Gasteiger partial charge < -0.3 is 10.2 Å². The number of fused-ring (bicyclic) bond motifs is 1. The predicted octanol–water partition coefficient (Wildman–Crippen LogP) is 4.49. The maximum atomic E-state index is 3.90. The van der Waals surface area contributed by atoms with E-state index in [0.717, 1.165) is 6.54 Å². The van der Waals surface area contributed by atoms with E-state index in [9.17, 15) is 0 Å². The number of rotatable bonds is 5. The van der Waals surface area contributed by atoms with Crippen LogP contribution in [0.1, 0.15) is 63.9 Å². The average molecular weight is 286 g/mol. The van der Waals surface area contributed by atoms with Gasteiger partial charge in [-0.3, -0.25) is 0 Å². The van der Waals surface area contributed by atoms with Crippen molar-refractivity contribution in [3.05, 3.63) is 29.8 Å². The third kappa shape index (κ3) is 3.42. The zero-order valence-electron chi connectivity index (χ0n) is 13.5. The summed E-state index contributed by atoms with van der Waals surface area (Å²) in [5, 5.41) is 3.90. The van der Waals surface area contributed by atoms with E-state index >= 15 is 0 Å². The molecule has 0 unspecified atom stereocenters. The Labute approximate surface area is 129 Å². The summed E-state index contributed by atoms with van der Waals surface area (Å²) in [6.07, 6.45) is 10.9. The molecule has 2 heteroatoms. The van der Waals surface area contributed by atoms with Crippen LogP contribution in [0.5, 0.6) is 0 Å². The summed E-state index contributed by atoms with van der Waals surface area (Å²) in [4.78, 5) is 2.68. The highest BCUT2D eigenvalue weighted by atomic mass is 15.2. The highest BCUT2D eigenvalue weighted by molar-refractivity contribution is 5.55. The van der Waals surface area contributed by atoms with Crippen molar-refractivity contribution in [2.24, 2.45) is 0 Å². The van der Waals surface area contributed by atoms with Crippen LogP contribution in [0.2, 0.25) is 0 Å². The molecule has 0 aromatic heterocycles. The van der Waals surface area contributed by atoms with Crippen LogP contribution in [-0.2, 0) is 6.54 Å². The highest BCUT2D eigenvalue weighted by Gasteiger charge is 2.37. The molecule has 1 aliphatic heterocycles. The molecule has 0 atom stereocenters. The Morgan fingerprint density at radius 2 is 1.90 bits per heavy atom. The monoisotopic (exact) mass is 286 g/mol. The normalized spacial score (nSPS) is 20.5. The summed E-state index contributed by atoms with van der Waals surface area (Å²) < 4.78 is 0. The first kappa shape index (κ1) is 14.9. The molecule has 1 aliphatic carbocycles. The number of hydrogen-bond donors (Lipinski definition) is 1. The summed E-state index contributed by atoms with van der Waals surface area (Å²) in [5.41, 5.74) is 3.34. The molecule has 0 bridgehead atoms. The first-order valence-electron chi connectivity index (χ1n) is 8.91. The Balaban J connectivity index is 1.75. The van der Waals surface area contributed by atoms with Crippen LogP contribution < -0.4 is 10.2 Å². The van der Waals surface area contributed by atoms with E-state index < -0.39 is 0 Å². The fraction of sp³-hybridized carbons (Fsp3) is 0.684. The summed E-state index contributed by atoms with van der Waals surface area (Å²) in [6, 6.07) is 9.01. The van der Waals surface area contributed by atoms with Crippen molar-refractivity contribution in [1.29, 1.82) is 0 Å². The molecule has 3 rings (SSSR count). The lowest BCUT2D eigenvalue weighted by atomic mass is 9.97. The number of anilines is 1. The van der Waals surface area contributed by atoms with E-state index in [-0.39, 0.29) is 0 Å². The van der Waals surface area contributed by atoms with Gasteiger partial charge in [0.25, 0.3) is 0 Å². The second-order valence-corrected chi connectivity index (χ2v) is 6.95. The molecule has 1 heterocycles. The predicted molar refractivity (Wildman–Crippen MR) is 90.8 cm³/mol. The van der Waals surface area contributed by atoms with Crippen LogP contribution in [0, 0.1) is 0 Å². The van der Waals surface area contributed by atoms with Crippen LogP contribution in [-0.4, -0.2) is 18.6 Å². The minimum atomic E-state index is 0.379. The van der Waals surface area contributed by atoms with Gasteiger partial charge in [-0.1, -0.05) is 57.2 Å². The molecule has 1 spiro atoms. The first-order valence-corrected chi connectivity index (χ1v) is 8.91. The Hall–Kier alpha value is -1.02. The van der Waals surface area contributed by atoms with Crippen molar-refractivity contribution in [3.63, 3.8) is 0 Å². The van der Waals surface area contributed by atoms with Crippen LogP contribution in [0.25, 0.3) is 0 Å². The average Bonchev–Trinajstić information content (AvgIpc) is 2.91. The maximum Gasteiger partial charge on any atom is 0.0412 e. The van der Waals surface area contributed by atoms with Crippen molar-refractivity contribution in [3.8, 4) is 0 Å². The third-order valence-corrected chi connectivity index (χ3v) is 5.32. The smallest absolute Gasteiger partial charge is 0.0412 e. The zero-order valence-corrected chi connectivity index (χ0v) is 13.5. The van der Waals surface area contributed by atoms with Crippen molar-refractivity contribution in [2.75, 3.05) is 18.0 Å². The minimum absolute atomic E-state index is 0.379. The van der Waals surface area contributed by atoms with Crippen molar-refractivity contribution < 1.29 is 0 Å². The van der Waals surface area contributed by atoms with E-state index in [1.807, 2.05) is 0 Å². The quantitative estimate of drug-likeness (QED) is 0.802. The van der Waals surface area contributed by atoms with Gasteiger partial charge >= 0.3 is 0 Å². The van der Waals surface area contributed by atoms with Crippen LogP contribution in [0.3, 0.4) is 0 Å². The van der Waals surface area contributed by atoms with Gasteiger partial charge in [0.15, 0.2) is 0 Å². The van der Waals surface area contributed by atoms with Gasteiger partial charge in [-0.05, 0) is 30.9 Å². The number of hydrogen-bond acceptors (Lipinski definition) is 2. The molecule has 2 nitrogen and oxygen atoms in total. The second-order valence-electron chi connectivity index (χ2n) is 6.95. The van der Waals surface area contributed by atoms with Gasteiger partial charge in [0.2, 0.25) is 0 Å². The largest absolute Gasteiger partial charge is 0.369 e. The Morgan fingerprint density at radius 3 is 2.71 bits per heavy atom. The Kier molecular flexibility index (Phi) is 4.84. The van der Waals surface area contributed by atoms with E-state index in [4.69, 9.17) is 0 Å². The first-order chi connectivity index (χ1) is 10.3. The zero-order chi connectivity index (χ0) is 14.5. The molecule has 1 aromatic rings. The molecular weight excluding hydrogens is 256 g/mol. The maximum absolute atomic E-state index is 3.90. The number of benzene rings is 1. The summed E-state index contributed by atoms with van der Waals surface area (Å²) >= 11 is 0. The van der Waals surface area contributed by atoms with Gasteiger partial charge in [-0.25, -0.2) is 0 Å². The second kappa shape index (κ2) is 6.83. The highest BCUT2D eigenvalue weighted by Crippen LogP contribution is 2.35. The van der Waals surface area contributed by atoms with Gasteiger partial charge in [-0.2, -0.15) is 0 Å². The molecule has 0 amide bonds. The molecule has 0 saturated heterocycles. The van der Waals surface area contributed by atoms with Crippen LogP contribution in [0.15, 0.2) is 24.3 Å². The van der Waals surface area contributed by atoms with Gasteiger partial charge in [-0.15, -0.1) is 0 Å². The van der Waals surface area contributed by atoms with Gasteiger partial charge in [0, 0.05) is 30.9 Å². The summed E-state index contributed by atoms with van der Waals surface area (Å²) in [6.45, 7) is 5.76. The molecule has 2 aliphatic rings. The van der Waals surface area contributed by atoms with Gasteiger partial charge in [0.1, 0.15) is 0 Å². The molecule has 1 saturated carbocycles. The molecule has 1 aromatic carbocycles.